The highest BCUT2D eigenvalue weighted by molar-refractivity contribution is 5.89. The molecular weight excluding hydrogens is 310 g/mol. The molecule has 3 heteroatoms. The van der Waals surface area contributed by atoms with Gasteiger partial charge >= 0.3 is 5.97 Å². The van der Waals surface area contributed by atoms with E-state index in [0.717, 1.165) is 18.3 Å². The van der Waals surface area contributed by atoms with Crippen LogP contribution in [0.4, 0.5) is 5.69 Å². The van der Waals surface area contributed by atoms with Gasteiger partial charge in [-0.3, -0.25) is 0 Å². The summed E-state index contributed by atoms with van der Waals surface area (Å²) in [4.78, 5) is 11.9. The molecular formula is C22H35NO2. The van der Waals surface area contributed by atoms with Crippen LogP contribution in [-0.4, -0.2) is 12.6 Å². The molecule has 0 aliphatic heterocycles. The lowest BCUT2D eigenvalue weighted by Crippen LogP contribution is -2.05. The van der Waals surface area contributed by atoms with E-state index in [9.17, 15) is 4.79 Å². The van der Waals surface area contributed by atoms with Crippen LogP contribution < -0.4 is 5.73 Å². The topological polar surface area (TPSA) is 52.3 Å². The number of carbonyl (C=O) groups is 1. The number of rotatable bonds is 11. The zero-order chi connectivity index (χ0) is 18.7. The molecule has 140 valence electrons. The first kappa shape index (κ1) is 21.3. The molecule has 0 radical (unpaired) electrons. The number of nitrogen functional groups attached to an aromatic ring is 1. The number of ether oxygens (including phenoxy) is 1. The lowest BCUT2D eigenvalue weighted by molar-refractivity contribution is 0.0549. The lowest BCUT2D eigenvalue weighted by Gasteiger charge is -2.12. The van der Waals surface area contributed by atoms with E-state index in [2.05, 4.69) is 27.7 Å². The molecule has 1 aromatic carbocycles. The Morgan fingerprint density at radius 3 is 2.36 bits per heavy atom. The zero-order valence-corrected chi connectivity index (χ0v) is 16.4. The molecule has 0 saturated heterocycles. The van der Waals surface area contributed by atoms with Crippen molar-refractivity contribution in [3.05, 3.63) is 41.5 Å². The van der Waals surface area contributed by atoms with Gasteiger partial charge in [0.25, 0.3) is 0 Å². The number of carbonyl (C=O) groups excluding carboxylic acids is 1. The summed E-state index contributed by atoms with van der Waals surface area (Å²) in [5.74, 6) is 1.31. The Morgan fingerprint density at radius 1 is 1.08 bits per heavy atom. The van der Waals surface area contributed by atoms with Gasteiger partial charge in [-0.15, -0.1) is 0 Å². The molecule has 0 bridgehead atoms. The molecule has 0 aliphatic rings. The Morgan fingerprint density at radius 2 is 1.72 bits per heavy atom. The Balaban J connectivity index is 2.18. The average molecular weight is 346 g/mol. The molecule has 0 amide bonds. The van der Waals surface area contributed by atoms with Gasteiger partial charge in [-0.1, -0.05) is 52.0 Å². The van der Waals surface area contributed by atoms with E-state index in [0.29, 0.717) is 17.9 Å². The summed E-state index contributed by atoms with van der Waals surface area (Å²) in [5.41, 5.74) is 8.09. The van der Waals surface area contributed by atoms with Gasteiger partial charge in [0.2, 0.25) is 0 Å². The fraction of sp³-hybridized carbons (Fsp3) is 0.591. The highest BCUT2D eigenvalue weighted by Gasteiger charge is 2.06. The quantitative estimate of drug-likeness (QED) is 0.304. The van der Waals surface area contributed by atoms with Crippen LogP contribution >= 0.6 is 0 Å². The summed E-state index contributed by atoms with van der Waals surface area (Å²) in [5, 5.41) is 0. The van der Waals surface area contributed by atoms with Crippen molar-refractivity contribution in [2.24, 2.45) is 11.8 Å². The number of nitrogens with two attached hydrogens (primary N) is 1. The number of hydrogen-bond acceptors (Lipinski definition) is 3. The minimum Gasteiger partial charge on any atom is -0.458 e. The molecule has 25 heavy (non-hydrogen) atoms. The molecule has 3 nitrogen and oxygen atoms in total. The molecule has 0 aromatic heterocycles. The summed E-state index contributed by atoms with van der Waals surface area (Å²) in [6.07, 6.45) is 9.58. The van der Waals surface area contributed by atoms with Crippen LogP contribution in [0.2, 0.25) is 0 Å². The first-order chi connectivity index (χ1) is 11.9. The third-order valence-electron chi connectivity index (χ3n) is 4.54. The largest absolute Gasteiger partial charge is 0.458 e. The van der Waals surface area contributed by atoms with E-state index >= 15 is 0 Å². The Kier molecular flexibility index (Phi) is 9.98. The van der Waals surface area contributed by atoms with Gasteiger partial charge in [-0.2, -0.15) is 0 Å². The zero-order valence-electron chi connectivity index (χ0n) is 16.4. The second-order valence-corrected chi connectivity index (χ2v) is 7.59. The van der Waals surface area contributed by atoms with Gasteiger partial charge in [0.15, 0.2) is 0 Å². The standard InChI is InChI=1S/C22H35NO2/c1-17(2)7-5-8-18(3)9-6-10-19(4)15-16-25-22(24)20-11-13-21(23)14-12-20/h11-15,17-18H,5-10,16,23H2,1-4H3. The van der Waals surface area contributed by atoms with Crippen molar-refractivity contribution in [3.63, 3.8) is 0 Å². The van der Waals surface area contributed by atoms with Gasteiger partial charge in [0, 0.05) is 5.69 Å². The maximum absolute atomic E-state index is 11.9. The van der Waals surface area contributed by atoms with E-state index < -0.39 is 0 Å². The minimum absolute atomic E-state index is 0.303. The molecule has 1 aromatic rings. The minimum atomic E-state index is -0.303. The second-order valence-electron chi connectivity index (χ2n) is 7.59. The van der Waals surface area contributed by atoms with Crippen LogP contribution in [0.3, 0.4) is 0 Å². The summed E-state index contributed by atoms with van der Waals surface area (Å²) < 4.78 is 5.29. The predicted molar refractivity (Wildman–Crippen MR) is 107 cm³/mol. The monoisotopic (exact) mass is 345 g/mol. The molecule has 0 saturated carbocycles. The van der Waals surface area contributed by atoms with Gasteiger partial charge in [-0.05, 0) is 61.9 Å². The Hall–Kier alpha value is -1.77. The third kappa shape index (κ3) is 9.96. The SMILES string of the molecule is CC(=CCOC(=O)c1ccc(N)cc1)CCCC(C)CCCC(C)C. The van der Waals surface area contributed by atoms with Crippen LogP contribution in [-0.2, 0) is 4.74 Å². The van der Waals surface area contributed by atoms with Crippen molar-refractivity contribution in [2.45, 2.75) is 66.2 Å². The first-order valence-electron chi connectivity index (χ1n) is 9.56. The third-order valence-corrected chi connectivity index (χ3v) is 4.54. The predicted octanol–water partition coefficient (Wildman–Crippen LogP) is 6.00. The Labute approximate surface area is 153 Å². The van der Waals surface area contributed by atoms with E-state index in [1.165, 1.54) is 37.7 Å². The number of benzene rings is 1. The van der Waals surface area contributed by atoms with E-state index in [1.54, 1.807) is 24.3 Å². The fourth-order valence-electron chi connectivity index (χ4n) is 2.81. The van der Waals surface area contributed by atoms with Crippen LogP contribution in [0.5, 0.6) is 0 Å². The lowest BCUT2D eigenvalue weighted by atomic mass is 9.94. The number of esters is 1. The molecule has 1 unspecified atom stereocenters. The molecule has 2 N–H and O–H groups in total. The molecule has 0 spiro atoms. The summed E-state index contributed by atoms with van der Waals surface area (Å²) in [6.45, 7) is 9.38. The second kappa shape index (κ2) is 11.7. The van der Waals surface area contributed by atoms with Gasteiger partial charge in [0.05, 0.1) is 5.56 Å². The normalized spacial score (nSPS) is 13.1. The number of allylic oxidation sites excluding steroid dienone is 1. The highest BCUT2D eigenvalue weighted by Crippen LogP contribution is 2.19. The first-order valence-corrected chi connectivity index (χ1v) is 9.56. The average Bonchev–Trinajstić information content (AvgIpc) is 2.55. The van der Waals surface area contributed by atoms with Crippen molar-refractivity contribution >= 4 is 11.7 Å². The van der Waals surface area contributed by atoms with Crippen LogP contribution in [0.1, 0.15) is 76.6 Å². The maximum Gasteiger partial charge on any atom is 0.338 e. The molecule has 0 heterocycles. The van der Waals surface area contributed by atoms with Crippen molar-refractivity contribution in [1.29, 1.82) is 0 Å². The van der Waals surface area contributed by atoms with Crippen molar-refractivity contribution in [1.82, 2.24) is 0 Å². The van der Waals surface area contributed by atoms with Crippen LogP contribution in [0.25, 0.3) is 0 Å². The van der Waals surface area contributed by atoms with E-state index in [4.69, 9.17) is 10.5 Å². The molecule has 1 rings (SSSR count). The van der Waals surface area contributed by atoms with Gasteiger partial charge in [0.1, 0.15) is 6.61 Å². The molecule has 1 atom stereocenters. The summed E-state index contributed by atoms with van der Waals surface area (Å²) in [6, 6.07) is 6.80. The molecule has 0 aliphatic carbocycles. The molecule has 0 fully saturated rings. The van der Waals surface area contributed by atoms with Gasteiger partial charge in [-0.25, -0.2) is 4.79 Å². The number of hydrogen-bond donors (Lipinski definition) is 1. The maximum atomic E-state index is 11.9. The van der Waals surface area contributed by atoms with E-state index in [-0.39, 0.29) is 5.97 Å². The van der Waals surface area contributed by atoms with E-state index in [1.807, 2.05) is 6.08 Å². The highest BCUT2D eigenvalue weighted by atomic mass is 16.5. The van der Waals surface area contributed by atoms with Gasteiger partial charge < -0.3 is 10.5 Å². The smallest absolute Gasteiger partial charge is 0.338 e. The van der Waals surface area contributed by atoms with Crippen molar-refractivity contribution in [2.75, 3.05) is 12.3 Å². The van der Waals surface area contributed by atoms with Crippen molar-refractivity contribution < 1.29 is 9.53 Å². The Bertz CT molecular complexity index is 531. The summed E-state index contributed by atoms with van der Waals surface area (Å²) >= 11 is 0. The fourth-order valence-corrected chi connectivity index (χ4v) is 2.81. The van der Waals surface area contributed by atoms with Crippen LogP contribution in [0.15, 0.2) is 35.9 Å². The summed E-state index contributed by atoms with van der Waals surface area (Å²) in [7, 11) is 0. The van der Waals surface area contributed by atoms with Crippen molar-refractivity contribution in [3.8, 4) is 0 Å². The van der Waals surface area contributed by atoms with Crippen LogP contribution in [0, 0.1) is 11.8 Å². The number of anilines is 1.